The predicted octanol–water partition coefficient (Wildman–Crippen LogP) is 3.10. The highest BCUT2D eigenvalue weighted by molar-refractivity contribution is 6.42. The van der Waals surface area contributed by atoms with E-state index in [1.807, 2.05) is 25.1 Å². The molecule has 176 valence electrons. The minimum absolute atomic E-state index is 0.105. The summed E-state index contributed by atoms with van der Waals surface area (Å²) in [6.07, 6.45) is 5.88. The molecule has 0 bridgehead atoms. The van der Waals surface area contributed by atoms with Crippen molar-refractivity contribution in [1.82, 2.24) is 20.4 Å². The van der Waals surface area contributed by atoms with Gasteiger partial charge in [-0.1, -0.05) is 29.3 Å². The van der Waals surface area contributed by atoms with E-state index >= 15 is 0 Å². The summed E-state index contributed by atoms with van der Waals surface area (Å²) in [7, 11) is 1.76. The number of fused-ring (bicyclic) bond motifs is 3. The van der Waals surface area contributed by atoms with Crippen LogP contribution in [0.5, 0.6) is 0 Å². The zero-order valence-corrected chi connectivity index (χ0v) is 20.5. The van der Waals surface area contributed by atoms with Gasteiger partial charge >= 0.3 is 0 Å². The summed E-state index contributed by atoms with van der Waals surface area (Å²) >= 11 is 12.2. The molecular formula is C24H34Cl2N4O2. The molecule has 1 aromatic carbocycles. The van der Waals surface area contributed by atoms with E-state index in [4.69, 9.17) is 23.2 Å². The average molecular weight is 481 g/mol. The van der Waals surface area contributed by atoms with Gasteiger partial charge in [0.2, 0.25) is 11.8 Å². The third-order valence-corrected chi connectivity index (χ3v) is 8.30. The lowest BCUT2D eigenvalue weighted by Crippen LogP contribution is -2.57. The van der Waals surface area contributed by atoms with Gasteiger partial charge in [-0.05, 0) is 82.7 Å². The quantitative estimate of drug-likeness (QED) is 0.656. The van der Waals surface area contributed by atoms with Crippen LogP contribution in [0.3, 0.4) is 0 Å². The number of hydrogen-bond acceptors (Lipinski definition) is 4. The van der Waals surface area contributed by atoms with Crippen LogP contribution in [0.2, 0.25) is 10.0 Å². The molecule has 3 heterocycles. The molecule has 5 atom stereocenters. The Hall–Kier alpha value is -1.34. The Morgan fingerprint density at radius 3 is 2.78 bits per heavy atom. The fraction of sp³-hybridized carbons (Fsp3) is 0.667. The highest BCUT2D eigenvalue weighted by atomic mass is 35.5. The zero-order chi connectivity index (χ0) is 22.8. The first-order chi connectivity index (χ1) is 15.4. The Morgan fingerprint density at radius 2 is 2.03 bits per heavy atom. The number of piperidine rings is 1. The van der Waals surface area contributed by atoms with Crippen LogP contribution in [0, 0.1) is 5.92 Å². The molecule has 0 unspecified atom stereocenters. The second-order valence-electron chi connectivity index (χ2n) is 9.55. The molecule has 6 nitrogen and oxygen atoms in total. The fourth-order valence-corrected chi connectivity index (χ4v) is 5.90. The Bertz CT molecular complexity index is 851. The van der Waals surface area contributed by atoms with E-state index < -0.39 is 6.04 Å². The van der Waals surface area contributed by atoms with Crippen molar-refractivity contribution in [3.8, 4) is 0 Å². The van der Waals surface area contributed by atoms with E-state index in [2.05, 4.69) is 20.4 Å². The van der Waals surface area contributed by atoms with E-state index in [1.54, 1.807) is 7.05 Å². The van der Waals surface area contributed by atoms with E-state index in [-0.39, 0.29) is 23.9 Å². The standard InChI is InChI=1S/C24H34Cl2N4O2/c1-15(27-2)23(31)28-21-5-3-4-18-13-17-9-11-29(14-22(17)30(18)24(21)32)10-8-16-6-7-19(25)20(26)12-16/h6-7,12,15,17-18,21-22,27H,3-5,8-11,13-14H2,1-2H3,(H,28,31)/t15-,17+,18-,21-,22+/m0/s1. The number of likely N-dealkylation sites (N-methyl/N-ethyl adjacent to an activating group) is 1. The van der Waals surface area contributed by atoms with Crippen molar-refractivity contribution in [3.63, 3.8) is 0 Å². The molecule has 0 spiro atoms. The first-order valence-electron chi connectivity index (χ1n) is 11.8. The number of benzene rings is 1. The number of hydrogen-bond donors (Lipinski definition) is 2. The maximum atomic E-state index is 13.5. The second kappa shape index (κ2) is 10.3. The lowest BCUT2D eigenvalue weighted by molar-refractivity contribution is -0.139. The third kappa shape index (κ3) is 5.09. The Kier molecular flexibility index (Phi) is 7.65. The van der Waals surface area contributed by atoms with Crippen molar-refractivity contribution in [1.29, 1.82) is 0 Å². The lowest BCUT2D eigenvalue weighted by Gasteiger charge is -2.40. The molecule has 32 heavy (non-hydrogen) atoms. The van der Waals surface area contributed by atoms with Crippen molar-refractivity contribution in [2.45, 2.75) is 69.6 Å². The van der Waals surface area contributed by atoms with Gasteiger partial charge in [-0.25, -0.2) is 0 Å². The Labute approximate surface area is 201 Å². The number of carbonyl (C=O) groups excluding carboxylic acids is 2. The summed E-state index contributed by atoms with van der Waals surface area (Å²) in [5.41, 5.74) is 1.18. The monoisotopic (exact) mass is 480 g/mol. The van der Waals surface area contributed by atoms with Crippen LogP contribution in [0.15, 0.2) is 18.2 Å². The number of amides is 2. The van der Waals surface area contributed by atoms with Crippen LogP contribution in [-0.4, -0.2) is 72.5 Å². The van der Waals surface area contributed by atoms with Crippen molar-refractivity contribution >= 4 is 35.0 Å². The summed E-state index contributed by atoms with van der Waals surface area (Å²) in [4.78, 5) is 30.6. The summed E-state index contributed by atoms with van der Waals surface area (Å²) in [6, 6.07) is 5.68. The number of likely N-dealkylation sites (tertiary alicyclic amines) is 1. The van der Waals surface area contributed by atoms with Gasteiger partial charge < -0.3 is 20.4 Å². The van der Waals surface area contributed by atoms with Gasteiger partial charge in [-0.3, -0.25) is 9.59 Å². The Balaban J connectivity index is 1.40. The molecule has 3 aliphatic rings. The van der Waals surface area contributed by atoms with Crippen molar-refractivity contribution in [2.24, 2.45) is 5.92 Å². The molecule has 1 aromatic rings. The molecule has 8 heteroatoms. The molecule has 0 aromatic heterocycles. The van der Waals surface area contributed by atoms with Crippen molar-refractivity contribution < 1.29 is 9.59 Å². The molecule has 2 amide bonds. The van der Waals surface area contributed by atoms with Crippen LogP contribution in [0.25, 0.3) is 0 Å². The summed E-state index contributed by atoms with van der Waals surface area (Å²) in [6.45, 7) is 4.73. The number of halogens is 2. The minimum atomic E-state index is -0.409. The summed E-state index contributed by atoms with van der Waals surface area (Å²) in [5.74, 6) is 0.575. The maximum Gasteiger partial charge on any atom is 0.245 e. The smallest absolute Gasteiger partial charge is 0.245 e. The van der Waals surface area contributed by atoms with Crippen molar-refractivity contribution in [2.75, 3.05) is 26.7 Å². The molecule has 3 fully saturated rings. The summed E-state index contributed by atoms with van der Waals surface area (Å²) in [5, 5.41) is 7.14. The van der Waals surface area contributed by atoms with Crippen LogP contribution in [0.4, 0.5) is 0 Å². The van der Waals surface area contributed by atoms with Gasteiger partial charge in [-0.15, -0.1) is 0 Å². The fourth-order valence-electron chi connectivity index (χ4n) is 5.58. The zero-order valence-electron chi connectivity index (χ0n) is 18.9. The van der Waals surface area contributed by atoms with Crippen LogP contribution in [0.1, 0.15) is 44.6 Å². The highest BCUT2D eigenvalue weighted by Crippen LogP contribution is 2.40. The second-order valence-corrected chi connectivity index (χ2v) is 10.4. The number of rotatable bonds is 6. The SMILES string of the molecule is CN[C@@H](C)C(=O)N[C@H]1CCC[C@H]2C[C@H]3CCN(CCc4ccc(Cl)c(Cl)c4)C[C@H]3N2C1=O. The first-order valence-corrected chi connectivity index (χ1v) is 12.6. The summed E-state index contributed by atoms with van der Waals surface area (Å²) < 4.78 is 0. The highest BCUT2D eigenvalue weighted by Gasteiger charge is 2.48. The van der Waals surface area contributed by atoms with Gasteiger partial charge in [0.15, 0.2) is 0 Å². The average Bonchev–Trinajstić information content (AvgIpc) is 3.07. The topological polar surface area (TPSA) is 64.7 Å². The molecule has 0 saturated carbocycles. The molecule has 3 saturated heterocycles. The van der Waals surface area contributed by atoms with Gasteiger partial charge in [0.1, 0.15) is 6.04 Å². The molecule has 0 aliphatic carbocycles. The van der Waals surface area contributed by atoms with Crippen LogP contribution < -0.4 is 10.6 Å². The lowest BCUT2D eigenvalue weighted by atomic mass is 9.90. The van der Waals surface area contributed by atoms with Crippen molar-refractivity contribution in [3.05, 3.63) is 33.8 Å². The Morgan fingerprint density at radius 1 is 1.22 bits per heavy atom. The van der Waals surface area contributed by atoms with Gasteiger partial charge in [0.25, 0.3) is 0 Å². The largest absolute Gasteiger partial charge is 0.343 e. The number of nitrogens with one attached hydrogen (secondary N) is 2. The van der Waals surface area contributed by atoms with Gasteiger partial charge in [0, 0.05) is 25.2 Å². The number of carbonyl (C=O) groups is 2. The normalized spacial score (nSPS) is 29.2. The van der Waals surface area contributed by atoms with E-state index in [0.717, 1.165) is 58.2 Å². The molecule has 0 radical (unpaired) electrons. The molecule has 3 aliphatic heterocycles. The van der Waals surface area contributed by atoms with Crippen LogP contribution in [-0.2, 0) is 16.0 Å². The molecule has 2 N–H and O–H groups in total. The third-order valence-electron chi connectivity index (χ3n) is 7.56. The van der Waals surface area contributed by atoms with Gasteiger partial charge in [0.05, 0.1) is 16.1 Å². The maximum absolute atomic E-state index is 13.5. The predicted molar refractivity (Wildman–Crippen MR) is 128 cm³/mol. The van der Waals surface area contributed by atoms with Crippen LogP contribution >= 0.6 is 23.2 Å². The van der Waals surface area contributed by atoms with E-state index in [9.17, 15) is 9.59 Å². The minimum Gasteiger partial charge on any atom is -0.343 e. The number of nitrogens with zero attached hydrogens (tertiary/aromatic N) is 2. The van der Waals surface area contributed by atoms with E-state index in [1.165, 1.54) is 5.56 Å². The first kappa shape index (κ1) is 23.8. The molecule has 4 rings (SSSR count). The van der Waals surface area contributed by atoms with E-state index in [0.29, 0.717) is 22.0 Å². The van der Waals surface area contributed by atoms with Gasteiger partial charge in [-0.2, -0.15) is 0 Å². The molecular weight excluding hydrogens is 447 g/mol.